The summed E-state index contributed by atoms with van der Waals surface area (Å²) < 4.78 is 12.9. The minimum absolute atomic E-state index is 0.309. The molecule has 0 bridgehead atoms. The molecule has 4 aromatic rings. The molecule has 0 fully saturated rings. The SMILES string of the molecule is CCCCN(CCCC)c1ccc2c(c1)C1(OC2=O)c2ccccc2Oc2cc(C)c(Nc3ccccc3)cc21. The van der Waals surface area contributed by atoms with E-state index >= 15 is 0 Å². The van der Waals surface area contributed by atoms with Crippen molar-refractivity contribution in [1.82, 2.24) is 0 Å². The smallest absolute Gasteiger partial charge is 0.340 e. The van der Waals surface area contributed by atoms with Crippen molar-refractivity contribution in [3.63, 3.8) is 0 Å². The first kappa shape index (κ1) is 26.0. The largest absolute Gasteiger partial charge is 0.456 e. The zero-order valence-corrected chi connectivity index (χ0v) is 23.5. The number of ether oxygens (including phenoxy) is 2. The Kier molecular flexibility index (Phi) is 6.97. The first-order chi connectivity index (χ1) is 19.5. The maximum atomic E-state index is 13.5. The van der Waals surface area contributed by atoms with Gasteiger partial charge in [0.25, 0.3) is 0 Å². The van der Waals surface area contributed by atoms with Crippen molar-refractivity contribution in [2.24, 2.45) is 0 Å². The molecule has 40 heavy (non-hydrogen) atoms. The number of nitrogens with zero attached hydrogens (tertiary/aromatic N) is 1. The minimum Gasteiger partial charge on any atom is -0.456 e. The Bertz CT molecular complexity index is 1540. The molecule has 0 aromatic heterocycles. The zero-order valence-electron chi connectivity index (χ0n) is 23.5. The number of anilines is 3. The third-order valence-corrected chi connectivity index (χ3v) is 8.02. The average molecular weight is 533 g/mol. The molecular weight excluding hydrogens is 496 g/mol. The quantitative estimate of drug-likeness (QED) is 0.219. The maximum Gasteiger partial charge on any atom is 0.340 e. The lowest BCUT2D eigenvalue weighted by molar-refractivity contribution is 0.0224. The van der Waals surface area contributed by atoms with E-state index in [-0.39, 0.29) is 5.97 Å². The molecule has 204 valence electrons. The van der Waals surface area contributed by atoms with Crippen molar-refractivity contribution in [3.05, 3.63) is 113 Å². The predicted octanol–water partition coefficient (Wildman–Crippen LogP) is 8.71. The Labute approximate surface area is 236 Å². The van der Waals surface area contributed by atoms with Gasteiger partial charge in [-0.15, -0.1) is 0 Å². The number of rotatable bonds is 9. The highest BCUT2D eigenvalue weighted by atomic mass is 16.6. The summed E-state index contributed by atoms with van der Waals surface area (Å²) in [4.78, 5) is 16.0. The van der Waals surface area contributed by atoms with Crippen LogP contribution in [-0.4, -0.2) is 19.1 Å². The standard InChI is InChI=1S/C35H36N2O3/c1-4-6-19-37(20-7-5-2)26-17-18-27-29(22-26)35(40-34(27)38)28-15-11-12-16-32(28)39-33-21-24(3)31(23-30(33)35)36-25-13-9-8-10-14-25/h8-18,21-23,36H,4-7,19-20H2,1-3H3. The van der Waals surface area contributed by atoms with Gasteiger partial charge in [0.1, 0.15) is 11.5 Å². The zero-order chi connectivity index (χ0) is 27.7. The van der Waals surface area contributed by atoms with E-state index in [2.05, 4.69) is 49.2 Å². The maximum absolute atomic E-state index is 13.5. The van der Waals surface area contributed by atoms with Gasteiger partial charge in [-0.3, -0.25) is 0 Å². The van der Waals surface area contributed by atoms with Gasteiger partial charge in [0.2, 0.25) is 0 Å². The van der Waals surface area contributed by atoms with E-state index in [1.807, 2.05) is 66.7 Å². The topological polar surface area (TPSA) is 50.8 Å². The molecule has 0 saturated carbocycles. The molecule has 5 nitrogen and oxygen atoms in total. The highest BCUT2D eigenvalue weighted by Gasteiger charge is 2.54. The number of esters is 1. The monoisotopic (exact) mass is 532 g/mol. The number of unbranched alkanes of at least 4 members (excludes halogenated alkanes) is 2. The second kappa shape index (κ2) is 10.7. The summed E-state index contributed by atoms with van der Waals surface area (Å²) in [5.74, 6) is 1.10. The van der Waals surface area contributed by atoms with Gasteiger partial charge in [0, 0.05) is 46.8 Å². The van der Waals surface area contributed by atoms with Gasteiger partial charge in [-0.25, -0.2) is 4.79 Å². The first-order valence-corrected chi connectivity index (χ1v) is 14.4. The number of hydrogen-bond donors (Lipinski definition) is 1. The van der Waals surface area contributed by atoms with Gasteiger partial charge >= 0.3 is 5.97 Å². The molecule has 0 amide bonds. The van der Waals surface area contributed by atoms with Crippen molar-refractivity contribution in [1.29, 1.82) is 0 Å². The Morgan fingerprint density at radius 2 is 1.50 bits per heavy atom. The summed E-state index contributed by atoms with van der Waals surface area (Å²) >= 11 is 0. The van der Waals surface area contributed by atoms with Crippen LogP contribution < -0.4 is 15.0 Å². The number of fused-ring (bicyclic) bond motifs is 6. The second-order valence-electron chi connectivity index (χ2n) is 10.7. The van der Waals surface area contributed by atoms with E-state index in [0.717, 1.165) is 78.1 Å². The fourth-order valence-electron chi connectivity index (χ4n) is 5.88. The van der Waals surface area contributed by atoms with E-state index in [1.165, 1.54) is 0 Å². The van der Waals surface area contributed by atoms with Crippen molar-refractivity contribution in [2.45, 2.75) is 52.1 Å². The number of carbonyl (C=O) groups is 1. The van der Waals surface area contributed by atoms with Crippen LogP contribution in [0.2, 0.25) is 0 Å². The van der Waals surface area contributed by atoms with Crippen molar-refractivity contribution in [3.8, 4) is 11.5 Å². The number of carbonyl (C=O) groups excluding carboxylic acids is 1. The van der Waals surface area contributed by atoms with E-state index in [0.29, 0.717) is 17.1 Å². The highest BCUT2D eigenvalue weighted by molar-refractivity contribution is 5.98. The van der Waals surface area contributed by atoms with Crippen molar-refractivity contribution < 1.29 is 14.3 Å². The molecule has 6 rings (SSSR count). The van der Waals surface area contributed by atoms with Crippen LogP contribution in [-0.2, 0) is 10.3 Å². The van der Waals surface area contributed by atoms with E-state index in [9.17, 15) is 4.79 Å². The molecule has 2 heterocycles. The van der Waals surface area contributed by atoms with Crippen LogP contribution in [0.5, 0.6) is 11.5 Å². The van der Waals surface area contributed by atoms with Gasteiger partial charge in [-0.1, -0.05) is 63.1 Å². The van der Waals surface area contributed by atoms with Gasteiger partial charge in [-0.05, 0) is 73.9 Å². The predicted molar refractivity (Wildman–Crippen MR) is 161 cm³/mol. The lowest BCUT2D eigenvalue weighted by Crippen LogP contribution is -2.33. The number of benzene rings is 4. The third-order valence-electron chi connectivity index (χ3n) is 8.02. The van der Waals surface area contributed by atoms with Crippen LogP contribution in [0, 0.1) is 6.92 Å². The number of nitrogens with one attached hydrogen (secondary N) is 1. The molecule has 0 radical (unpaired) electrons. The van der Waals surface area contributed by atoms with Crippen LogP contribution in [0.3, 0.4) is 0 Å². The molecule has 1 spiro atoms. The van der Waals surface area contributed by atoms with E-state index < -0.39 is 5.60 Å². The summed E-state index contributed by atoms with van der Waals surface area (Å²) in [6.07, 6.45) is 4.50. The highest BCUT2D eigenvalue weighted by Crippen LogP contribution is 2.57. The van der Waals surface area contributed by atoms with Gasteiger partial charge in [0.05, 0.1) is 5.56 Å². The molecule has 1 atom stereocenters. The molecular formula is C35H36N2O3. The molecule has 1 unspecified atom stereocenters. The molecule has 1 N–H and O–H groups in total. The summed E-state index contributed by atoms with van der Waals surface area (Å²) in [6, 6.07) is 28.4. The lowest BCUT2D eigenvalue weighted by Gasteiger charge is -2.37. The Morgan fingerprint density at radius 1 is 0.775 bits per heavy atom. The Hall–Kier alpha value is -4.25. The van der Waals surface area contributed by atoms with Crippen LogP contribution >= 0.6 is 0 Å². The summed E-state index contributed by atoms with van der Waals surface area (Å²) in [6.45, 7) is 8.48. The number of hydrogen-bond acceptors (Lipinski definition) is 5. The summed E-state index contributed by atoms with van der Waals surface area (Å²) in [5, 5.41) is 3.56. The number of aryl methyl sites for hydroxylation is 1. The van der Waals surface area contributed by atoms with E-state index in [1.54, 1.807) is 0 Å². The normalized spacial score (nSPS) is 16.5. The van der Waals surface area contributed by atoms with Gasteiger partial charge in [0.15, 0.2) is 5.60 Å². The third kappa shape index (κ3) is 4.40. The molecule has 0 saturated heterocycles. The van der Waals surface area contributed by atoms with Crippen molar-refractivity contribution >= 4 is 23.0 Å². The van der Waals surface area contributed by atoms with Gasteiger partial charge in [-0.2, -0.15) is 0 Å². The molecule has 5 heteroatoms. The molecule has 2 aliphatic heterocycles. The fraction of sp³-hybridized carbons (Fsp3) is 0.286. The average Bonchev–Trinajstić information content (AvgIpc) is 3.26. The summed E-state index contributed by atoms with van der Waals surface area (Å²) in [5.41, 5.74) is 6.15. The molecule has 0 aliphatic carbocycles. The fourth-order valence-corrected chi connectivity index (χ4v) is 5.88. The second-order valence-corrected chi connectivity index (χ2v) is 10.7. The molecule has 4 aromatic carbocycles. The Morgan fingerprint density at radius 3 is 2.25 bits per heavy atom. The van der Waals surface area contributed by atoms with E-state index in [4.69, 9.17) is 9.47 Å². The minimum atomic E-state index is -1.10. The first-order valence-electron chi connectivity index (χ1n) is 14.4. The van der Waals surface area contributed by atoms with Crippen LogP contribution in [0.25, 0.3) is 0 Å². The van der Waals surface area contributed by atoms with Crippen LogP contribution in [0.15, 0.2) is 84.9 Å². The van der Waals surface area contributed by atoms with Crippen LogP contribution in [0.4, 0.5) is 17.1 Å². The van der Waals surface area contributed by atoms with Crippen molar-refractivity contribution in [2.75, 3.05) is 23.3 Å². The lowest BCUT2D eigenvalue weighted by atomic mass is 9.77. The Balaban J connectivity index is 1.54. The molecule has 2 aliphatic rings. The van der Waals surface area contributed by atoms with Crippen LogP contribution in [0.1, 0.15) is 72.1 Å². The summed E-state index contributed by atoms with van der Waals surface area (Å²) in [7, 11) is 0. The number of para-hydroxylation sites is 2. The van der Waals surface area contributed by atoms with Gasteiger partial charge < -0.3 is 19.7 Å².